The molecule has 0 bridgehead atoms. The van der Waals surface area contributed by atoms with Gasteiger partial charge >= 0.3 is 0 Å². The second kappa shape index (κ2) is 11.2. The summed E-state index contributed by atoms with van der Waals surface area (Å²) in [6.45, 7) is 5.49. The lowest BCUT2D eigenvalue weighted by atomic mass is 10.1. The molecule has 0 unspecified atom stereocenters. The lowest BCUT2D eigenvalue weighted by Gasteiger charge is -2.32. The average Bonchev–Trinajstić information content (AvgIpc) is 2.80. The van der Waals surface area contributed by atoms with Crippen LogP contribution in [0.25, 0.3) is 0 Å². The summed E-state index contributed by atoms with van der Waals surface area (Å²) in [5.74, 6) is -0.0196. The largest absolute Gasteiger partial charge is 0.486 e. The lowest BCUT2D eigenvalue weighted by Crippen LogP contribution is -2.52. The molecule has 0 saturated carbocycles. The van der Waals surface area contributed by atoms with E-state index >= 15 is 0 Å². The molecule has 190 valence electrons. The molecule has 1 N–H and O–H groups in total. The Morgan fingerprint density at radius 1 is 1.06 bits per heavy atom. The van der Waals surface area contributed by atoms with Crippen LogP contribution in [0.1, 0.15) is 26.3 Å². The minimum atomic E-state index is -3.86. The molecule has 1 heterocycles. The number of ether oxygens (including phenoxy) is 2. The molecule has 1 atom stereocenters. The third-order valence-corrected chi connectivity index (χ3v) is 6.90. The molecule has 2 aromatic carbocycles. The summed E-state index contributed by atoms with van der Waals surface area (Å²) < 4.78 is 37.5. The smallest absolute Gasteiger partial charge is 0.244 e. The van der Waals surface area contributed by atoms with Crippen LogP contribution in [0.5, 0.6) is 11.5 Å². The van der Waals surface area contributed by atoms with E-state index in [2.05, 4.69) is 5.32 Å². The summed E-state index contributed by atoms with van der Waals surface area (Å²) >= 11 is 6.31. The minimum absolute atomic E-state index is 0.0317. The van der Waals surface area contributed by atoms with E-state index in [4.69, 9.17) is 21.1 Å². The van der Waals surface area contributed by atoms with E-state index in [9.17, 15) is 18.0 Å². The van der Waals surface area contributed by atoms with Gasteiger partial charge in [-0.1, -0.05) is 29.8 Å². The fourth-order valence-corrected chi connectivity index (χ4v) is 4.64. The molecule has 2 aromatic rings. The van der Waals surface area contributed by atoms with E-state index in [0.29, 0.717) is 35.3 Å². The molecular formula is C24H30ClN3O6S. The molecule has 1 aliphatic rings. The van der Waals surface area contributed by atoms with Gasteiger partial charge in [-0.3, -0.25) is 13.9 Å². The number of benzene rings is 2. The van der Waals surface area contributed by atoms with Crippen molar-refractivity contribution in [3.8, 4) is 11.5 Å². The molecule has 2 amide bonds. The average molecular weight is 524 g/mol. The quantitative estimate of drug-likeness (QED) is 0.542. The summed E-state index contributed by atoms with van der Waals surface area (Å²) in [5.41, 5.74) is 0.888. The van der Waals surface area contributed by atoms with Gasteiger partial charge in [0.05, 0.1) is 11.9 Å². The maximum Gasteiger partial charge on any atom is 0.244 e. The van der Waals surface area contributed by atoms with Gasteiger partial charge < -0.3 is 19.7 Å². The van der Waals surface area contributed by atoms with E-state index in [-0.39, 0.29) is 24.2 Å². The van der Waals surface area contributed by atoms with Gasteiger partial charge in [-0.15, -0.1) is 0 Å². The highest BCUT2D eigenvalue weighted by Crippen LogP contribution is 2.34. The molecular weight excluding hydrogens is 494 g/mol. The number of carbonyl (C=O) groups is 2. The SMILES string of the molecule is CC(C)NC(=O)[C@@H](C)N(Cc1ccccc1Cl)C(=O)CN(c1ccc2c(c1)OCCO2)S(C)(=O)=O. The van der Waals surface area contributed by atoms with Crippen LogP contribution >= 0.6 is 11.6 Å². The van der Waals surface area contributed by atoms with Crippen molar-refractivity contribution in [3.63, 3.8) is 0 Å². The molecule has 9 nitrogen and oxygen atoms in total. The lowest BCUT2D eigenvalue weighted by molar-refractivity contribution is -0.139. The Hall–Kier alpha value is -2.98. The highest BCUT2D eigenvalue weighted by Gasteiger charge is 2.31. The predicted octanol–water partition coefficient (Wildman–Crippen LogP) is 2.82. The number of sulfonamides is 1. The highest BCUT2D eigenvalue weighted by molar-refractivity contribution is 7.92. The van der Waals surface area contributed by atoms with Crippen LogP contribution in [0.4, 0.5) is 5.69 Å². The number of hydrogen-bond acceptors (Lipinski definition) is 6. The Morgan fingerprint density at radius 3 is 2.34 bits per heavy atom. The predicted molar refractivity (Wildman–Crippen MR) is 134 cm³/mol. The number of nitrogens with zero attached hydrogens (tertiary/aromatic N) is 2. The highest BCUT2D eigenvalue weighted by atomic mass is 35.5. The first kappa shape index (κ1) is 26.6. The molecule has 0 radical (unpaired) electrons. The summed E-state index contributed by atoms with van der Waals surface area (Å²) in [6.07, 6.45) is 1.02. The van der Waals surface area contributed by atoms with Gasteiger partial charge in [-0.05, 0) is 44.5 Å². The van der Waals surface area contributed by atoms with Crippen molar-refractivity contribution in [2.75, 3.05) is 30.3 Å². The van der Waals surface area contributed by atoms with Gasteiger partial charge in [0.1, 0.15) is 25.8 Å². The number of amides is 2. The van der Waals surface area contributed by atoms with Gasteiger partial charge in [0.25, 0.3) is 0 Å². The number of halogens is 1. The fourth-order valence-electron chi connectivity index (χ4n) is 3.60. The number of nitrogens with one attached hydrogen (secondary N) is 1. The maximum absolute atomic E-state index is 13.6. The Balaban J connectivity index is 1.93. The molecule has 0 aromatic heterocycles. The minimum Gasteiger partial charge on any atom is -0.486 e. The van der Waals surface area contributed by atoms with E-state index < -0.39 is 28.5 Å². The monoisotopic (exact) mass is 523 g/mol. The molecule has 0 fully saturated rings. The van der Waals surface area contributed by atoms with Gasteiger partial charge in [-0.2, -0.15) is 0 Å². The van der Waals surface area contributed by atoms with Gasteiger partial charge in [0.2, 0.25) is 21.8 Å². The first-order valence-electron chi connectivity index (χ1n) is 11.2. The van der Waals surface area contributed by atoms with Crippen molar-refractivity contribution < 1.29 is 27.5 Å². The van der Waals surface area contributed by atoms with E-state index in [1.807, 2.05) is 13.8 Å². The van der Waals surface area contributed by atoms with Crippen LogP contribution in [0.3, 0.4) is 0 Å². The van der Waals surface area contributed by atoms with E-state index in [0.717, 1.165) is 10.6 Å². The second-order valence-electron chi connectivity index (χ2n) is 8.55. The normalized spacial score (nSPS) is 13.8. The van der Waals surface area contributed by atoms with Crippen molar-refractivity contribution in [1.29, 1.82) is 0 Å². The van der Waals surface area contributed by atoms with E-state index in [1.54, 1.807) is 43.3 Å². The van der Waals surface area contributed by atoms with Gasteiger partial charge in [-0.25, -0.2) is 8.42 Å². The molecule has 0 aliphatic carbocycles. The molecule has 0 spiro atoms. The summed E-state index contributed by atoms with van der Waals surface area (Å²) in [7, 11) is -3.86. The third-order valence-electron chi connectivity index (χ3n) is 5.39. The van der Waals surface area contributed by atoms with Crippen molar-refractivity contribution in [1.82, 2.24) is 10.2 Å². The first-order chi connectivity index (χ1) is 16.5. The molecule has 35 heavy (non-hydrogen) atoms. The fraction of sp³-hybridized carbons (Fsp3) is 0.417. The van der Waals surface area contributed by atoms with Gasteiger partial charge in [0.15, 0.2) is 11.5 Å². The zero-order valence-corrected chi connectivity index (χ0v) is 21.7. The summed E-state index contributed by atoms with van der Waals surface area (Å²) in [4.78, 5) is 27.7. The number of anilines is 1. The number of fused-ring (bicyclic) bond motifs is 1. The van der Waals surface area contributed by atoms with Crippen LogP contribution in [-0.4, -0.2) is 63.2 Å². The van der Waals surface area contributed by atoms with Crippen LogP contribution in [0, 0.1) is 0 Å². The number of carbonyl (C=O) groups excluding carboxylic acids is 2. The zero-order chi connectivity index (χ0) is 25.8. The Labute approximate surface area is 211 Å². The second-order valence-corrected chi connectivity index (χ2v) is 10.9. The van der Waals surface area contributed by atoms with Crippen molar-refractivity contribution >= 4 is 39.1 Å². The number of rotatable bonds is 9. The van der Waals surface area contributed by atoms with Crippen LogP contribution in [-0.2, 0) is 26.2 Å². The standard InChI is InChI=1S/C24H30ClN3O6S/c1-16(2)26-24(30)17(3)27(14-18-7-5-6-8-20(18)25)23(29)15-28(35(4,31)32)19-9-10-21-22(13-19)34-12-11-33-21/h5-10,13,16-17H,11-12,14-15H2,1-4H3,(H,26,30)/t17-/m1/s1. The topological polar surface area (TPSA) is 105 Å². The van der Waals surface area contributed by atoms with Crippen LogP contribution in [0.2, 0.25) is 5.02 Å². The van der Waals surface area contributed by atoms with Crippen LogP contribution < -0.4 is 19.1 Å². The zero-order valence-electron chi connectivity index (χ0n) is 20.2. The van der Waals surface area contributed by atoms with E-state index in [1.165, 1.54) is 11.0 Å². The van der Waals surface area contributed by atoms with Crippen molar-refractivity contribution in [2.24, 2.45) is 0 Å². The van der Waals surface area contributed by atoms with Gasteiger partial charge in [0, 0.05) is 23.7 Å². The molecule has 11 heteroatoms. The molecule has 1 aliphatic heterocycles. The summed E-state index contributed by atoms with van der Waals surface area (Å²) in [5, 5.41) is 3.24. The maximum atomic E-state index is 13.6. The van der Waals surface area contributed by atoms with Crippen molar-refractivity contribution in [2.45, 2.75) is 39.4 Å². The Kier molecular flexibility index (Phi) is 8.50. The summed E-state index contributed by atoms with van der Waals surface area (Å²) in [6, 6.07) is 10.7. The Morgan fingerprint density at radius 2 is 1.71 bits per heavy atom. The van der Waals surface area contributed by atoms with Crippen LogP contribution in [0.15, 0.2) is 42.5 Å². The molecule has 0 saturated heterocycles. The number of hydrogen-bond donors (Lipinski definition) is 1. The Bertz CT molecular complexity index is 1190. The molecule has 3 rings (SSSR count). The first-order valence-corrected chi connectivity index (χ1v) is 13.4. The van der Waals surface area contributed by atoms with Crippen molar-refractivity contribution in [3.05, 3.63) is 53.1 Å². The third kappa shape index (κ3) is 6.79.